The first-order valence-electron chi connectivity index (χ1n) is 19.3. The molecule has 4 aliphatic rings. The molecule has 294 valence electrons. The van der Waals surface area contributed by atoms with Gasteiger partial charge in [0.25, 0.3) is 5.56 Å². The Bertz CT molecular complexity index is 2550. The van der Waals surface area contributed by atoms with E-state index in [9.17, 15) is 24.0 Å². The van der Waals surface area contributed by atoms with Crippen LogP contribution in [0.4, 0.5) is 25.1 Å². The van der Waals surface area contributed by atoms with E-state index in [1.54, 1.807) is 34.8 Å². The predicted molar refractivity (Wildman–Crippen MR) is 206 cm³/mol. The van der Waals surface area contributed by atoms with Crippen LogP contribution in [0.5, 0.6) is 11.5 Å². The molecule has 2 aromatic heterocycles. The highest BCUT2D eigenvalue weighted by Gasteiger charge is 2.45. The van der Waals surface area contributed by atoms with Crippen molar-refractivity contribution in [3.05, 3.63) is 81.9 Å². The first kappa shape index (κ1) is 36.7. The second-order valence-corrected chi connectivity index (χ2v) is 15.7. The highest BCUT2D eigenvalue weighted by atomic mass is 19.1. The minimum Gasteiger partial charge on any atom is -0.453 e. The molecule has 3 aliphatic heterocycles. The molecule has 4 fully saturated rings. The molecule has 3 amide bonds. The number of imide groups is 1. The highest BCUT2D eigenvalue weighted by molar-refractivity contribution is 6.08. The Kier molecular flexibility index (Phi) is 9.16. The van der Waals surface area contributed by atoms with Gasteiger partial charge in [-0.25, -0.2) is 18.6 Å². The number of nitrogens with two attached hydrogens (primary N) is 1. The molecule has 16 heteroatoms. The third kappa shape index (κ3) is 6.54. The number of piperidine rings is 1. The third-order valence-electron chi connectivity index (χ3n) is 12.4. The van der Waals surface area contributed by atoms with Gasteiger partial charge in [0.1, 0.15) is 23.2 Å². The molecule has 0 unspecified atom stereocenters. The van der Waals surface area contributed by atoms with Crippen molar-refractivity contribution < 1.29 is 27.8 Å². The number of nitrogens with zero attached hydrogens (tertiary/aromatic N) is 7. The number of aryl methyl sites for hydroxylation is 1. The summed E-state index contributed by atoms with van der Waals surface area (Å²) in [6.07, 6.45) is 7.67. The summed E-state index contributed by atoms with van der Waals surface area (Å²) in [6, 6.07) is 12.0. The van der Waals surface area contributed by atoms with E-state index in [1.807, 2.05) is 12.1 Å². The number of fused-ring (bicyclic) bond motifs is 2. The number of hydrogen-bond acceptors (Lipinski definition) is 10. The number of nitrogen functional groups attached to an aromatic ring is 1. The molecular weight excluding hydrogens is 737 g/mol. The number of halogens is 2. The van der Waals surface area contributed by atoms with Crippen LogP contribution in [0, 0.1) is 23.0 Å². The molecular formula is C41H41F2N9O5. The summed E-state index contributed by atoms with van der Waals surface area (Å²) in [5.41, 5.74) is 7.09. The second kappa shape index (κ2) is 14.2. The Hall–Kier alpha value is -5.92. The van der Waals surface area contributed by atoms with Crippen LogP contribution in [0.3, 0.4) is 0 Å². The van der Waals surface area contributed by atoms with Crippen molar-refractivity contribution in [1.29, 1.82) is 5.26 Å². The molecule has 1 atom stereocenters. The van der Waals surface area contributed by atoms with Crippen molar-refractivity contribution in [3.8, 4) is 17.6 Å². The zero-order chi connectivity index (χ0) is 39.6. The second-order valence-electron chi connectivity index (χ2n) is 15.7. The van der Waals surface area contributed by atoms with Crippen LogP contribution in [0.2, 0.25) is 0 Å². The molecule has 14 nitrogen and oxygen atoms in total. The van der Waals surface area contributed by atoms with E-state index in [-0.39, 0.29) is 70.6 Å². The number of ether oxygens (including phenoxy) is 2. The fourth-order valence-corrected chi connectivity index (χ4v) is 9.29. The maximum Gasteiger partial charge on any atom is 0.329 e. The SMILES string of the molecule is Cn1nc(N2CCC(=O)NC2=O)c2cc(F)c(C3CCC(N4CCC5(CC4)C[C@@H](n4cnc6ccc(Oc7c(F)ccc(N)c7C#N)cc6c4=O)CO5)CC3)cc21. The van der Waals surface area contributed by atoms with Gasteiger partial charge in [0.15, 0.2) is 17.4 Å². The number of aromatic nitrogens is 4. The molecule has 3 N–H and O–H groups in total. The number of rotatable bonds is 6. The van der Waals surface area contributed by atoms with Crippen LogP contribution in [0.1, 0.15) is 74.5 Å². The largest absolute Gasteiger partial charge is 0.453 e. The van der Waals surface area contributed by atoms with Crippen molar-refractivity contribution in [2.24, 2.45) is 7.05 Å². The van der Waals surface area contributed by atoms with Crippen LogP contribution in [-0.2, 0) is 16.6 Å². The summed E-state index contributed by atoms with van der Waals surface area (Å²) >= 11 is 0. The maximum absolute atomic E-state index is 15.8. The van der Waals surface area contributed by atoms with Gasteiger partial charge in [-0.1, -0.05) is 0 Å². The molecule has 1 saturated carbocycles. The average Bonchev–Trinajstić information content (AvgIpc) is 3.76. The number of urea groups is 1. The zero-order valence-electron chi connectivity index (χ0n) is 31.3. The Balaban J connectivity index is 0.831. The van der Waals surface area contributed by atoms with E-state index in [4.69, 9.17) is 15.2 Å². The quantitative estimate of drug-likeness (QED) is 0.201. The summed E-state index contributed by atoms with van der Waals surface area (Å²) in [7, 11) is 1.78. The van der Waals surface area contributed by atoms with Gasteiger partial charge in [-0.3, -0.25) is 29.1 Å². The van der Waals surface area contributed by atoms with E-state index in [1.165, 1.54) is 23.1 Å². The molecule has 5 aromatic rings. The molecule has 1 aliphatic carbocycles. The Morgan fingerprint density at radius 3 is 2.53 bits per heavy atom. The van der Waals surface area contributed by atoms with Crippen LogP contribution in [0.15, 0.2) is 53.6 Å². The minimum atomic E-state index is -0.741. The van der Waals surface area contributed by atoms with Crippen LogP contribution >= 0.6 is 0 Å². The topological polar surface area (TPSA) is 174 Å². The fourth-order valence-electron chi connectivity index (χ4n) is 9.29. The van der Waals surface area contributed by atoms with Crippen molar-refractivity contribution in [1.82, 2.24) is 29.5 Å². The molecule has 1 spiro atoms. The van der Waals surface area contributed by atoms with E-state index in [0.717, 1.165) is 63.2 Å². The normalized spacial score (nSPS) is 22.6. The van der Waals surface area contributed by atoms with E-state index < -0.39 is 11.8 Å². The molecule has 5 heterocycles. The average molecular weight is 778 g/mol. The summed E-state index contributed by atoms with van der Waals surface area (Å²) in [6.45, 7) is 2.31. The zero-order valence-corrected chi connectivity index (χ0v) is 31.3. The van der Waals surface area contributed by atoms with Crippen LogP contribution in [-0.4, -0.2) is 74.1 Å². The lowest BCUT2D eigenvalue weighted by Gasteiger charge is -2.44. The highest BCUT2D eigenvalue weighted by Crippen LogP contribution is 2.44. The summed E-state index contributed by atoms with van der Waals surface area (Å²) < 4.78 is 45.9. The molecule has 3 aromatic carbocycles. The summed E-state index contributed by atoms with van der Waals surface area (Å²) in [5.74, 6) is -1.09. The lowest BCUT2D eigenvalue weighted by Crippen LogP contribution is -2.49. The van der Waals surface area contributed by atoms with Gasteiger partial charge in [0.2, 0.25) is 5.91 Å². The summed E-state index contributed by atoms with van der Waals surface area (Å²) in [5, 5.41) is 17.2. The number of carbonyl (C=O) groups is 2. The van der Waals surface area contributed by atoms with E-state index in [0.29, 0.717) is 46.7 Å². The standard InChI is InChI=1S/C41H41F2N9O5/c1-49-35-18-27(32(43)17-29(35)38(48-49)51-13-10-36(53)47-40(51)55)23-2-4-24(5-3-23)50-14-11-41(12-15-50)19-25(21-56-41)52-22-46-34-9-6-26(16-28(34)39(52)54)57-37-30(20-44)33(45)8-7-31(37)42/h6-9,16-18,22-25H,2-5,10-15,19,21,45H2,1H3,(H,47,53,55)/t23?,24?,25-/m1/s1. The lowest BCUT2D eigenvalue weighted by atomic mass is 9.79. The first-order valence-corrected chi connectivity index (χ1v) is 19.3. The van der Waals surface area contributed by atoms with Gasteiger partial charge < -0.3 is 20.1 Å². The number of amides is 3. The number of hydrogen-bond donors (Lipinski definition) is 2. The summed E-state index contributed by atoms with van der Waals surface area (Å²) in [4.78, 5) is 46.4. The van der Waals surface area contributed by atoms with Crippen molar-refractivity contribution >= 4 is 45.2 Å². The van der Waals surface area contributed by atoms with Crippen molar-refractivity contribution in [3.63, 3.8) is 0 Å². The number of carbonyl (C=O) groups excluding carboxylic acids is 2. The lowest BCUT2D eigenvalue weighted by molar-refractivity contribution is -0.120. The maximum atomic E-state index is 15.8. The van der Waals surface area contributed by atoms with E-state index >= 15 is 4.39 Å². The molecule has 0 radical (unpaired) electrons. The fraction of sp³-hybridized carbons (Fsp3) is 0.415. The first-order chi connectivity index (χ1) is 27.5. The van der Waals surface area contributed by atoms with Gasteiger partial charge in [-0.15, -0.1) is 0 Å². The number of anilines is 2. The number of nitrogens with one attached hydrogen (secondary N) is 1. The molecule has 0 bridgehead atoms. The molecule has 9 rings (SSSR count). The van der Waals surface area contributed by atoms with Crippen molar-refractivity contribution in [2.75, 3.05) is 36.9 Å². The van der Waals surface area contributed by atoms with Gasteiger partial charge >= 0.3 is 6.03 Å². The Morgan fingerprint density at radius 1 is 0.982 bits per heavy atom. The smallest absolute Gasteiger partial charge is 0.329 e. The number of nitriles is 1. The molecule has 57 heavy (non-hydrogen) atoms. The van der Waals surface area contributed by atoms with Gasteiger partial charge in [0, 0.05) is 44.5 Å². The third-order valence-corrected chi connectivity index (χ3v) is 12.4. The monoisotopic (exact) mass is 777 g/mol. The van der Waals surface area contributed by atoms with E-state index in [2.05, 4.69) is 20.3 Å². The number of benzene rings is 3. The minimum absolute atomic E-state index is 0.0693. The Labute approximate surface area is 325 Å². The Morgan fingerprint density at radius 2 is 1.77 bits per heavy atom. The molecule has 3 saturated heterocycles. The van der Waals surface area contributed by atoms with Gasteiger partial charge in [-0.05, 0) is 98.9 Å². The predicted octanol–water partition coefficient (Wildman–Crippen LogP) is 5.78. The van der Waals surface area contributed by atoms with Gasteiger partial charge in [0.05, 0.1) is 46.7 Å². The number of likely N-dealkylation sites (tertiary alicyclic amines) is 1. The van der Waals surface area contributed by atoms with Crippen LogP contribution in [0.25, 0.3) is 21.8 Å². The van der Waals surface area contributed by atoms with Gasteiger partial charge in [-0.2, -0.15) is 10.4 Å². The van der Waals surface area contributed by atoms with Crippen LogP contribution < -0.4 is 26.2 Å². The van der Waals surface area contributed by atoms with Crippen molar-refractivity contribution in [2.45, 2.75) is 75.0 Å².